The topological polar surface area (TPSA) is 34.6 Å². The van der Waals surface area contributed by atoms with Crippen LogP contribution in [-0.2, 0) is 22.6 Å². The molecule has 0 N–H and O–H groups in total. The molecule has 128 valence electrons. The molecule has 4 nitrogen and oxygen atoms in total. The molecule has 1 aromatic carbocycles. The van der Waals surface area contributed by atoms with Crippen LogP contribution >= 0.6 is 11.3 Å². The van der Waals surface area contributed by atoms with E-state index in [1.807, 2.05) is 6.92 Å². The van der Waals surface area contributed by atoms with Crippen molar-refractivity contribution in [2.45, 2.75) is 51.2 Å². The van der Waals surface area contributed by atoms with Crippen molar-refractivity contribution in [1.29, 1.82) is 0 Å². The normalized spacial score (nSPS) is 27.3. The van der Waals surface area contributed by atoms with E-state index in [4.69, 9.17) is 9.47 Å². The predicted molar refractivity (Wildman–Crippen MR) is 95.0 cm³/mol. The first kappa shape index (κ1) is 16.2. The summed E-state index contributed by atoms with van der Waals surface area (Å²) in [6.07, 6.45) is 2.61. The van der Waals surface area contributed by atoms with Gasteiger partial charge in [0.15, 0.2) is 0 Å². The predicted octanol–water partition coefficient (Wildman–Crippen LogP) is 3.40. The van der Waals surface area contributed by atoms with Crippen molar-refractivity contribution in [3.63, 3.8) is 0 Å². The zero-order chi connectivity index (χ0) is 16.4. The molecule has 0 spiro atoms. The van der Waals surface area contributed by atoms with Gasteiger partial charge in [-0.2, -0.15) is 0 Å². The molecule has 2 aromatic rings. The van der Waals surface area contributed by atoms with Gasteiger partial charge < -0.3 is 9.47 Å². The van der Waals surface area contributed by atoms with Crippen LogP contribution in [0.5, 0.6) is 0 Å². The van der Waals surface area contributed by atoms with E-state index < -0.39 is 0 Å². The maximum atomic E-state index is 6.16. The summed E-state index contributed by atoms with van der Waals surface area (Å²) in [6, 6.07) is 11.2. The fourth-order valence-electron chi connectivity index (χ4n) is 3.85. The summed E-state index contributed by atoms with van der Waals surface area (Å²) >= 11 is 1.68. The van der Waals surface area contributed by atoms with Crippen molar-refractivity contribution >= 4 is 11.3 Å². The number of hydrogen-bond acceptors (Lipinski definition) is 5. The van der Waals surface area contributed by atoms with Gasteiger partial charge in [-0.1, -0.05) is 30.3 Å². The van der Waals surface area contributed by atoms with E-state index in [0.717, 1.165) is 43.2 Å². The molecule has 1 saturated carbocycles. The van der Waals surface area contributed by atoms with E-state index in [1.54, 1.807) is 11.3 Å². The largest absolute Gasteiger partial charge is 0.373 e. The van der Waals surface area contributed by atoms with Gasteiger partial charge in [0.25, 0.3) is 0 Å². The zero-order valence-corrected chi connectivity index (χ0v) is 14.9. The smallest absolute Gasteiger partial charge is 0.0992 e. The highest BCUT2D eigenvalue weighted by atomic mass is 32.1. The summed E-state index contributed by atoms with van der Waals surface area (Å²) in [5.41, 5.74) is 2.42. The van der Waals surface area contributed by atoms with Gasteiger partial charge in [-0.05, 0) is 25.3 Å². The van der Waals surface area contributed by atoms with Crippen LogP contribution in [0.25, 0.3) is 0 Å². The summed E-state index contributed by atoms with van der Waals surface area (Å²) in [7, 11) is 0. The van der Waals surface area contributed by atoms with Crippen molar-refractivity contribution in [3.05, 3.63) is 52.0 Å². The Kier molecular flexibility index (Phi) is 4.94. The van der Waals surface area contributed by atoms with Gasteiger partial charge in [0.05, 0.1) is 36.1 Å². The molecule has 0 radical (unpaired) electrons. The van der Waals surface area contributed by atoms with Gasteiger partial charge in [0, 0.05) is 24.5 Å². The Morgan fingerprint density at radius 2 is 2.17 bits per heavy atom. The maximum absolute atomic E-state index is 6.16. The Labute approximate surface area is 147 Å². The first-order chi connectivity index (χ1) is 11.8. The Bertz CT molecular complexity index is 660. The molecule has 2 heterocycles. The van der Waals surface area contributed by atoms with Crippen LogP contribution in [0.3, 0.4) is 0 Å². The third-order valence-corrected chi connectivity index (χ3v) is 5.81. The highest BCUT2D eigenvalue weighted by Gasteiger charge is 2.43. The van der Waals surface area contributed by atoms with Gasteiger partial charge in [-0.3, -0.25) is 4.90 Å². The minimum Gasteiger partial charge on any atom is -0.373 e. The fraction of sp³-hybridized carbons (Fsp3) is 0.526. The summed E-state index contributed by atoms with van der Waals surface area (Å²) in [6.45, 7) is 5.44. The molecule has 0 bridgehead atoms. The number of nitrogens with zero attached hydrogens (tertiary/aromatic N) is 2. The number of ether oxygens (including phenoxy) is 2. The third-order valence-electron chi connectivity index (χ3n) is 4.99. The second kappa shape index (κ2) is 7.31. The quantitative estimate of drug-likeness (QED) is 0.833. The van der Waals surface area contributed by atoms with E-state index in [1.165, 1.54) is 5.56 Å². The fourth-order valence-corrected chi connectivity index (χ4v) is 4.45. The standard InChI is InChI=1S/C19H24N2O2S/c1-14-20-16(13-24-14)12-23-18-8-7-17-19(18)22-10-9-21(17)11-15-5-3-2-4-6-15/h2-6,13,17-19H,7-12H2,1H3/t17-,18+,19+/m0/s1. The lowest BCUT2D eigenvalue weighted by atomic mass is 10.1. The van der Waals surface area contributed by atoms with E-state index in [-0.39, 0.29) is 12.2 Å². The zero-order valence-electron chi connectivity index (χ0n) is 14.1. The lowest BCUT2D eigenvalue weighted by molar-refractivity contribution is -0.119. The molecule has 0 unspecified atom stereocenters. The number of morpholine rings is 1. The Morgan fingerprint density at radius 1 is 1.29 bits per heavy atom. The Hall–Kier alpha value is -1.27. The molecule has 1 saturated heterocycles. The molecule has 1 aliphatic carbocycles. The van der Waals surface area contributed by atoms with Crippen LogP contribution in [-0.4, -0.2) is 41.3 Å². The van der Waals surface area contributed by atoms with Crippen LogP contribution in [0.4, 0.5) is 0 Å². The molecule has 1 aromatic heterocycles. The minimum absolute atomic E-state index is 0.190. The molecular weight excluding hydrogens is 320 g/mol. The SMILES string of the molecule is Cc1nc(CO[C@@H]2CC[C@H]3[C@H]2OCCN3Cc2ccccc2)cs1. The average molecular weight is 344 g/mol. The number of hydrogen-bond donors (Lipinski definition) is 0. The maximum Gasteiger partial charge on any atom is 0.0992 e. The summed E-state index contributed by atoms with van der Waals surface area (Å²) in [5.74, 6) is 0. The average Bonchev–Trinajstić information content (AvgIpc) is 3.21. The first-order valence-electron chi connectivity index (χ1n) is 8.72. The third kappa shape index (κ3) is 3.54. The molecule has 3 atom stereocenters. The number of thiazole rings is 1. The number of benzene rings is 1. The van der Waals surface area contributed by atoms with E-state index in [2.05, 4.69) is 45.6 Å². The van der Waals surface area contributed by atoms with Crippen LogP contribution < -0.4 is 0 Å². The number of fused-ring (bicyclic) bond motifs is 1. The lowest BCUT2D eigenvalue weighted by Crippen LogP contribution is -2.51. The van der Waals surface area contributed by atoms with Gasteiger partial charge >= 0.3 is 0 Å². The van der Waals surface area contributed by atoms with Gasteiger partial charge in [-0.25, -0.2) is 4.98 Å². The van der Waals surface area contributed by atoms with E-state index in [0.29, 0.717) is 12.6 Å². The second-order valence-corrected chi connectivity index (χ2v) is 7.71. The molecule has 24 heavy (non-hydrogen) atoms. The number of aryl methyl sites for hydroxylation is 1. The van der Waals surface area contributed by atoms with Crippen molar-refractivity contribution < 1.29 is 9.47 Å². The molecule has 0 amide bonds. The molecule has 2 fully saturated rings. The first-order valence-corrected chi connectivity index (χ1v) is 9.60. The van der Waals surface area contributed by atoms with Crippen molar-refractivity contribution in [1.82, 2.24) is 9.88 Å². The minimum atomic E-state index is 0.190. The summed E-state index contributed by atoms with van der Waals surface area (Å²) in [4.78, 5) is 7.06. The van der Waals surface area contributed by atoms with Crippen LogP contribution in [0.1, 0.15) is 29.1 Å². The highest BCUT2D eigenvalue weighted by molar-refractivity contribution is 7.09. The van der Waals surface area contributed by atoms with Crippen molar-refractivity contribution in [3.8, 4) is 0 Å². The molecule has 2 aliphatic rings. The van der Waals surface area contributed by atoms with Crippen molar-refractivity contribution in [2.75, 3.05) is 13.2 Å². The van der Waals surface area contributed by atoms with Gasteiger partial charge in [0.2, 0.25) is 0 Å². The van der Waals surface area contributed by atoms with Crippen LogP contribution in [0, 0.1) is 6.92 Å². The van der Waals surface area contributed by atoms with Crippen molar-refractivity contribution in [2.24, 2.45) is 0 Å². The van der Waals surface area contributed by atoms with E-state index in [9.17, 15) is 0 Å². The van der Waals surface area contributed by atoms with Crippen LogP contribution in [0.2, 0.25) is 0 Å². The summed E-state index contributed by atoms with van der Waals surface area (Å²) in [5, 5.41) is 3.19. The van der Waals surface area contributed by atoms with Gasteiger partial charge in [-0.15, -0.1) is 11.3 Å². The Morgan fingerprint density at radius 3 is 2.96 bits per heavy atom. The highest BCUT2D eigenvalue weighted by Crippen LogP contribution is 2.33. The second-order valence-electron chi connectivity index (χ2n) is 6.64. The lowest BCUT2D eigenvalue weighted by Gasteiger charge is -2.39. The van der Waals surface area contributed by atoms with E-state index >= 15 is 0 Å². The number of rotatable bonds is 5. The molecule has 1 aliphatic heterocycles. The monoisotopic (exact) mass is 344 g/mol. The molecule has 4 rings (SSSR count). The summed E-state index contributed by atoms with van der Waals surface area (Å²) < 4.78 is 12.3. The molecule has 5 heteroatoms. The van der Waals surface area contributed by atoms with Gasteiger partial charge in [0.1, 0.15) is 0 Å². The van der Waals surface area contributed by atoms with Crippen LogP contribution in [0.15, 0.2) is 35.7 Å². The molecular formula is C19H24N2O2S. The number of aromatic nitrogens is 1. The Balaban J connectivity index is 1.37.